The highest BCUT2D eigenvalue weighted by Gasteiger charge is 2.23. The third-order valence-corrected chi connectivity index (χ3v) is 6.99. The summed E-state index contributed by atoms with van der Waals surface area (Å²) in [6.07, 6.45) is 4.54. The van der Waals surface area contributed by atoms with Gasteiger partial charge in [-0.2, -0.15) is 0 Å². The Morgan fingerprint density at radius 3 is 2.52 bits per heavy atom. The number of carbonyl (C=O) groups is 1. The Hall–Kier alpha value is -2.02. The molecule has 166 valence electrons. The third kappa shape index (κ3) is 5.25. The van der Waals surface area contributed by atoms with Gasteiger partial charge >= 0.3 is 0 Å². The highest BCUT2D eigenvalue weighted by atomic mass is 35.5. The first-order valence-corrected chi connectivity index (χ1v) is 11.6. The maximum absolute atomic E-state index is 13.7. The largest absolute Gasteiger partial charge is 0.302 e. The molecule has 0 aliphatic heterocycles. The minimum atomic E-state index is -0.284. The molecule has 3 aromatic rings. The highest BCUT2D eigenvalue weighted by Crippen LogP contribution is 2.31. The van der Waals surface area contributed by atoms with Gasteiger partial charge in [-0.3, -0.25) is 9.69 Å². The average Bonchev–Trinajstić information content (AvgIpc) is 3.18. The number of likely N-dealkylation sites (N-methyl/N-ethyl adjacent to an activating group) is 1. The van der Waals surface area contributed by atoms with Gasteiger partial charge in [-0.25, -0.2) is 9.37 Å². The fourth-order valence-electron chi connectivity index (χ4n) is 4.09. The lowest BCUT2D eigenvalue weighted by molar-refractivity contribution is 0.0983. The molecule has 7 heteroatoms. The van der Waals surface area contributed by atoms with E-state index in [-0.39, 0.29) is 24.1 Å². The first-order valence-electron chi connectivity index (χ1n) is 10.8. The summed E-state index contributed by atoms with van der Waals surface area (Å²) in [4.78, 5) is 22.3. The molecule has 0 bridgehead atoms. The molecule has 1 amide bonds. The van der Waals surface area contributed by atoms with Gasteiger partial charge in [0.2, 0.25) is 0 Å². The van der Waals surface area contributed by atoms with Gasteiger partial charge in [-0.15, -0.1) is 12.4 Å². The van der Waals surface area contributed by atoms with Crippen LogP contribution in [0.25, 0.3) is 10.2 Å². The molecule has 1 aromatic heterocycles. The SMILES string of the molecule is CCN(CC)CCN(C(=O)c1ccc2c(c1)CCCC2)c1nc2ccc(F)cc2s1.Cl. The number of hydrogen-bond donors (Lipinski definition) is 0. The maximum Gasteiger partial charge on any atom is 0.260 e. The second-order valence-corrected chi connectivity index (χ2v) is 8.79. The summed E-state index contributed by atoms with van der Waals surface area (Å²) in [5.41, 5.74) is 4.09. The van der Waals surface area contributed by atoms with Crippen molar-refractivity contribution in [3.63, 3.8) is 0 Å². The molecule has 0 unspecified atom stereocenters. The van der Waals surface area contributed by atoms with Crippen molar-refractivity contribution in [2.24, 2.45) is 0 Å². The third-order valence-electron chi connectivity index (χ3n) is 5.94. The molecule has 0 saturated carbocycles. The number of aromatic nitrogens is 1. The van der Waals surface area contributed by atoms with Crippen LogP contribution >= 0.6 is 23.7 Å². The van der Waals surface area contributed by atoms with Crippen LogP contribution in [0, 0.1) is 5.82 Å². The molecule has 0 saturated heterocycles. The summed E-state index contributed by atoms with van der Waals surface area (Å²) in [6.45, 7) is 7.44. The van der Waals surface area contributed by atoms with Crippen LogP contribution in [0.15, 0.2) is 36.4 Å². The van der Waals surface area contributed by atoms with E-state index in [1.807, 2.05) is 6.07 Å². The molecule has 31 heavy (non-hydrogen) atoms. The summed E-state index contributed by atoms with van der Waals surface area (Å²) < 4.78 is 14.4. The van der Waals surface area contributed by atoms with Crippen LogP contribution in [-0.4, -0.2) is 42.0 Å². The quantitative estimate of drug-likeness (QED) is 0.451. The van der Waals surface area contributed by atoms with E-state index in [1.165, 1.54) is 47.4 Å². The topological polar surface area (TPSA) is 36.4 Å². The molecule has 0 fully saturated rings. The van der Waals surface area contributed by atoms with Crippen LogP contribution in [0.4, 0.5) is 9.52 Å². The number of thiazole rings is 1. The van der Waals surface area contributed by atoms with E-state index in [1.54, 1.807) is 11.0 Å². The summed E-state index contributed by atoms with van der Waals surface area (Å²) >= 11 is 1.37. The number of anilines is 1. The average molecular weight is 462 g/mol. The van der Waals surface area contributed by atoms with Crippen molar-refractivity contribution in [3.05, 3.63) is 58.9 Å². The van der Waals surface area contributed by atoms with E-state index in [2.05, 4.69) is 35.9 Å². The van der Waals surface area contributed by atoms with Crippen LogP contribution in [0.1, 0.15) is 48.2 Å². The van der Waals surface area contributed by atoms with Gasteiger partial charge in [0.1, 0.15) is 5.82 Å². The summed E-state index contributed by atoms with van der Waals surface area (Å²) in [5.74, 6) is -0.316. The Labute approximate surface area is 193 Å². The Bertz CT molecular complexity index is 1050. The second kappa shape index (κ2) is 10.5. The van der Waals surface area contributed by atoms with Crippen molar-refractivity contribution in [3.8, 4) is 0 Å². The highest BCUT2D eigenvalue weighted by molar-refractivity contribution is 7.22. The molecule has 0 atom stereocenters. The van der Waals surface area contributed by atoms with Gasteiger partial charge in [-0.05, 0) is 80.2 Å². The standard InChI is InChI=1S/C24H28FN3OS.ClH/c1-3-27(4-2)13-14-28(24-26-21-12-11-20(25)16-22(21)30-24)23(29)19-10-9-17-7-5-6-8-18(17)15-19;/h9-12,15-16H,3-8,13-14H2,1-2H3;1H. The second-order valence-electron chi connectivity index (χ2n) is 7.78. The zero-order valence-corrected chi connectivity index (χ0v) is 19.7. The minimum absolute atomic E-state index is 0. The molecule has 1 aliphatic carbocycles. The van der Waals surface area contributed by atoms with Gasteiger partial charge in [0.05, 0.1) is 10.2 Å². The lowest BCUT2D eigenvalue weighted by Crippen LogP contribution is -2.39. The molecule has 0 N–H and O–H groups in total. The minimum Gasteiger partial charge on any atom is -0.302 e. The first-order chi connectivity index (χ1) is 14.6. The van der Waals surface area contributed by atoms with Gasteiger partial charge < -0.3 is 4.90 Å². The van der Waals surface area contributed by atoms with Crippen LogP contribution < -0.4 is 4.90 Å². The Morgan fingerprint density at radius 2 is 1.77 bits per heavy atom. The lowest BCUT2D eigenvalue weighted by Gasteiger charge is -2.25. The number of hydrogen-bond acceptors (Lipinski definition) is 4. The zero-order valence-electron chi connectivity index (χ0n) is 18.1. The molecule has 0 spiro atoms. The van der Waals surface area contributed by atoms with Crippen LogP contribution in [0.2, 0.25) is 0 Å². The molecule has 1 aliphatic rings. The molecular formula is C24H29ClFN3OS. The van der Waals surface area contributed by atoms with Crippen molar-refractivity contribution < 1.29 is 9.18 Å². The molecule has 4 rings (SSSR count). The fraction of sp³-hybridized carbons (Fsp3) is 0.417. The van der Waals surface area contributed by atoms with Crippen molar-refractivity contribution in [2.75, 3.05) is 31.1 Å². The van der Waals surface area contributed by atoms with E-state index in [0.717, 1.165) is 42.7 Å². The monoisotopic (exact) mass is 461 g/mol. The number of halogens is 2. The van der Waals surface area contributed by atoms with E-state index < -0.39 is 0 Å². The number of rotatable bonds is 7. The molecular weight excluding hydrogens is 433 g/mol. The van der Waals surface area contributed by atoms with Crippen LogP contribution in [-0.2, 0) is 12.8 Å². The van der Waals surface area contributed by atoms with E-state index in [0.29, 0.717) is 17.2 Å². The number of carbonyl (C=O) groups excluding carboxylic acids is 1. The lowest BCUT2D eigenvalue weighted by atomic mass is 9.90. The number of benzene rings is 2. The fourth-order valence-corrected chi connectivity index (χ4v) is 5.10. The van der Waals surface area contributed by atoms with Crippen LogP contribution in [0.3, 0.4) is 0 Å². The smallest absolute Gasteiger partial charge is 0.260 e. The number of nitrogens with zero attached hydrogens (tertiary/aromatic N) is 3. The number of aryl methyl sites for hydroxylation is 2. The normalized spacial score (nSPS) is 13.2. The molecule has 1 heterocycles. The summed E-state index contributed by atoms with van der Waals surface area (Å²) in [6, 6.07) is 10.7. The number of fused-ring (bicyclic) bond motifs is 2. The van der Waals surface area contributed by atoms with Gasteiger partial charge in [0.25, 0.3) is 5.91 Å². The van der Waals surface area contributed by atoms with E-state index in [4.69, 9.17) is 0 Å². The Balaban J connectivity index is 0.00000272. The zero-order chi connectivity index (χ0) is 21.1. The molecule has 2 aromatic carbocycles. The van der Waals surface area contributed by atoms with Crippen molar-refractivity contribution in [2.45, 2.75) is 39.5 Å². The van der Waals surface area contributed by atoms with E-state index in [9.17, 15) is 9.18 Å². The summed E-state index contributed by atoms with van der Waals surface area (Å²) in [7, 11) is 0. The van der Waals surface area contributed by atoms with Crippen LogP contribution in [0.5, 0.6) is 0 Å². The first kappa shape index (κ1) is 23.6. The van der Waals surface area contributed by atoms with E-state index >= 15 is 0 Å². The van der Waals surface area contributed by atoms with Crippen molar-refractivity contribution in [1.29, 1.82) is 0 Å². The van der Waals surface area contributed by atoms with Crippen molar-refractivity contribution in [1.82, 2.24) is 9.88 Å². The molecule has 4 nitrogen and oxygen atoms in total. The Kier molecular flexibility index (Phi) is 8.03. The predicted octanol–water partition coefficient (Wildman–Crippen LogP) is 5.72. The molecule has 0 radical (unpaired) electrons. The number of amides is 1. The Morgan fingerprint density at radius 1 is 1.03 bits per heavy atom. The van der Waals surface area contributed by atoms with Crippen molar-refractivity contribution >= 4 is 45.0 Å². The summed E-state index contributed by atoms with van der Waals surface area (Å²) in [5, 5.41) is 0.630. The van der Waals surface area contributed by atoms with Gasteiger partial charge in [0.15, 0.2) is 5.13 Å². The van der Waals surface area contributed by atoms with Gasteiger partial charge in [-0.1, -0.05) is 31.3 Å². The maximum atomic E-state index is 13.7. The van der Waals surface area contributed by atoms with Gasteiger partial charge in [0, 0.05) is 18.7 Å². The predicted molar refractivity (Wildman–Crippen MR) is 129 cm³/mol.